The Balaban J connectivity index is 2.58. The van der Waals surface area contributed by atoms with Gasteiger partial charge in [-0.2, -0.15) is 0 Å². The Hall–Kier alpha value is -0.880. The van der Waals surface area contributed by atoms with Gasteiger partial charge in [0.05, 0.1) is 6.54 Å². The summed E-state index contributed by atoms with van der Waals surface area (Å²) in [4.78, 5) is 6.04. The van der Waals surface area contributed by atoms with Gasteiger partial charge in [-0.25, -0.2) is 0 Å². The topological polar surface area (TPSA) is 53.5 Å². The summed E-state index contributed by atoms with van der Waals surface area (Å²) in [6, 6.07) is 4.24. The molecule has 6 heteroatoms. The molecule has 0 bridgehead atoms. The Morgan fingerprint density at radius 1 is 1.26 bits per heavy atom. The zero-order valence-corrected chi connectivity index (χ0v) is 16.9. The van der Waals surface area contributed by atoms with Crippen molar-refractivity contribution in [2.24, 2.45) is 4.99 Å². The third-order valence-electron chi connectivity index (χ3n) is 3.43. The summed E-state index contributed by atoms with van der Waals surface area (Å²) in [5, 5.41) is 8.65. The molecule has 0 spiro atoms. The smallest absolute Gasteiger partial charge is 0.191 e. The van der Waals surface area contributed by atoms with Crippen molar-refractivity contribution in [3.63, 3.8) is 0 Å². The van der Waals surface area contributed by atoms with Crippen LogP contribution < -0.4 is 10.6 Å². The first-order valence-electron chi connectivity index (χ1n) is 8.11. The molecule has 2 N–H and O–H groups in total. The number of hydrogen-bond donors (Lipinski definition) is 2. The zero-order chi connectivity index (χ0) is 17.5. The minimum Gasteiger partial charge on any atom is -0.357 e. The lowest BCUT2D eigenvalue weighted by Gasteiger charge is -2.22. The maximum atomic E-state index is 12.1. The van der Waals surface area contributed by atoms with E-state index in [0.29, 0.717) is 18.8 Å². The quantitative estimate of drug-likeness (QED) is 0.582. The van der Waals surface area contributed by atoms with Crippen LogP contribution in [0.5, 0.6) is 0 Å². The molecule has 0 saturated heterocycles. The highest BCUT2D eigenvalue weighted by atomic mass is 32.2. The van der Waals surface area contributed by atoms with Gasteiger partial charge in [-0.3, -0.25) is 9.20 Å². The second kappa shape index (κ2) is 8.83. The van der Waals surface area contributed by atoms with Crippen molar-refractivity contribution in [2.45, 2.75) is 51.7 Å². The van der Waals surface area contributed by atoms with Crippen LogP contribution in [0.2, 0.25) is 0 Å². The van der Waals surface area contributed by atoms with E-state index >= 15 is 0 Å². The number of guanidine groups is 1. The maximum absolute atomic E-state index is 12.1. The van der Waals surface area contributed by atoms with Crippen molar-refractivity contribution in [2.75, 3.05) is 25.4 Å². The Kier molecular flexibility index (Phi) is 7.74. The fourth-order valence-electron chi connectivity index (χ4n) is 1.93. The fraction of sp³-hybridized carbons (Fsp3) is 0.706. The van der Waals surface area contributed by atoms with Gasteiger partial charge in [-0.05, 0) is 39.1 Å². The van der Waals surface area contributed by atoms with E-state index in [0.717, 1.165) is 12.5 Å². The molecule has 4 nitrogen and oxygen atoms in total. The van der Waals surface area contributed by atoms with Crippen molar-refractivity contribution >= 4 is 28.1 Å². The average Bonchev–Trinajstić information content (AvgIpc) is 2.98. The number of nitrogens with one attached hydrogen (secondary N) is 2. The Labute approximate surface area is 147 Å². The molecule has 0 aliphatic heterocycles. The lowest BCUT2D eigenvalue weighted by atomic mass is 9.92. The van der Waals surface area contributed by atoms with Gasteiger partial charge in [0.2, 0.25) is 0 Å². The second-order valence-electron chi connectivity index (χ2n) is 7.15. The van der Waals surface area contributed by atoms with Crippen molar-refractivity contribution in [1.29, 1.82) is 0 Å². The third kappa shape index (κ3) is 7.04. The van der Waals surface area contributed by atoms with Crippen LogP contribution in [0.4, 0.5) is 0 Å². The summed E-state index contributed by atoms with van der Waals surface area (Å²) in [5.74, 6) is 1.42. The van der Waals surface area contributed by atoms with Gasteiger partial charge in [0.15, 0.2) is 5.96 Å². The summed E-state index contributed by atoms with van der Waals surface area (Å²) in [7, 11) is -0.847. The lowest BCUT2D eigenvalue weighted by molar-refractivity contribution is 0.548. The van der Waals surface area contributed by atoms with E-state index in [1.54, 1.807) is 11.3 Å². The molecule has 1 unspecified atom stereocenters. The van der Waals surface area contributed by atoms with Crippen LogP contribution in [0.15, 0.2) is 22.5 Å². The van der Waals surface area contributed by atoms with E-state index in [1.165, 1.54) is 4.88 Å². The van der Waals surface area contributed by atoms with Crippen molar-refractivity contribution < 1.29 is 4.21 Å². The Morgan fingerprint density at radius 3 is 2.48 bits per heavy atom. The van der Waals surface area contributed by atoms with Crippen LogP contribution in [0, 0.1) is 0 Å². The van der Waals surface area contributed by atoms with E-state index in [1.807, 2.05) is 20.8 Å². The van der Waals surface area contributed by atoms with Crippen LogP contribution in [0.1, 0.15) is 46.4 Å². The molecule has 132 valence electrons. The number of thiophene rings is 1. The lowest BCUT2D eigenvalue weighted by Crippen LogP contribution is -2.41. The van der Waals surface area contributed by atoms with Gasteiger partial charge in [0.1, 0.15) is 0 Å². The first-order valence-corrected chi connectivity index (χ1v) is 10.3. The summed E-state index contributed by atoms with van der Waals surface area (Å²) in [6.45, 7) is 14.7. The fourth-order valence-corrected chi connectivity index (χ4v) is 3.67. The van der Waals surface area contributed by atoms with E-state index in [2.05, 4.69) is 48.9 Å². The molecule has 0 aromatic carbocycles. The minimum absolute atomic E-state index is 0.0186. The van der Waals surface area contributed by atoms with Gasteiger partial charge in [0.25, 0.3) is 0 Å². The molecule has 0 saturated carbocycles. The van der Waals surface area contributed by atoms with Crippen LogP contribution in [0.25, 0.3) is 0 Å². The molecule has 0 aliphatic carbocycles. The normalized spacial score (nSPS) is 14.6. The van der Waals surface area contributed by atoms with Crippen molar-refractivity contribution in [3.8, 4) is 0 Å². The Bertz CT molecular complexity index is 516. The van der Waals surface area contributed by atoms with Crippen LogP contribution in [-0.2, 0) is 16.2 Å². The number of aliphatic imine (C=N–C) groups is 1. The van der Waals surface area contributed by atoms with Gasteiger partial charge >= 0.3 is 0 Å². The monoisotopic (exact) mass is 357 g/mol. The molecule has 0 radical (unpaired) electrons. The third-order valence-corrected chi connectivity index (χ3v) is 6.60. The predicted octanol–water partition coefficient (Wildman–Crippen LogP) is 3.13. The highest BCUT2D eigenvalue weighted by Crippen LogP contribution is 2.27. The summed E-state index contributed by atoms with van der Waals surface area (Å²) >= 11 is 1.77. The standard InChI is InChI=1S/C17H31N3OS2/c1-7-18-15(19-10-12-23(21)16(2,3)4)20-13-17(5,6)14-9-8-11-22-14/h8-9,11H,7,10,12-13H2,1-6H3,(H2,18,19,20). The van der Waals surface area contributed by atoms with Gasteiger partial charge in [-0.15, -0.1) is 11.3 Å². The van der Waals surface area contributed by atoms with E-state index in [9.17, 15) is 4.21 Å². The molecule has 0 aliphatic rings. The Morgan fingerprint density at radius 2 is 1.96 bits per heavy atom. The SMILES string of the molecule is CCNC(=NCC(C)(C)c1cccs1)NCCS(=O)C(C)(C)C. The number of nitrogens with zero attached hydrogens (tertiary/aromatic N) is 1. The van der Waals surface area contributed by atoms with E-state index < -0.39 is 10.8 Å². The molecule has 1 heterocycles. The van der Waals surface area contributed by atoms with Crippen LogP contribution in [-0.4, -0.2) is 40.3 Å². The highest BCUT2D eigenvalue weighted by Gasteiger charge is 2.22. The zero-order valence-electron chi connectivity index (χ0n) is 15.2. The number of hydrogen-bond acceptors (Lipinski definition) is 3. The molecule has 1 aromatic rings. The predicted molar refractivity (Wildman–Crippen MR) is 104 cm³/mol. The first-order chi connectivity index (χ1) is 10.7. The first kappa shape index (κ1) is 20.2. The number of rotatable bonds is 7. The van der Waals surface area contributed by atoms with Crippen LogP contribution in [0.3, 0.4) is 0 Å². The molecule has 23 heavy (non-hydrogen) atoms. The second-order valence-corrected chi connectivity index (χ2v) is 10.4. The minimum atomic E-state index is -0.847. The largest absolute Gasteiger partial charge is 0.357 e. The molecule has 0 amide bonds. The molecular formula is C17H31N3OS2. The van der Waals surface area contributed by atoms with Gasteiger partial charge in [0, 0.05) is 44.7 Å². The molecule has 1 aromatic heterocycles. The van der Waals surface area contributed by atoms with Crippen molar-refractivity contribution in [1.82, 2.24) is 10.6 Å². The summed E-state index contributed by atoms with van der Waals surface area (Å²) < 4.78 is 11.9. The van der Waals surface area contributed by atoms with Crippen molar-refractivity contribution in [3.05, 3.63) is 22.4 Å². The molecule has 1 rings (SSSR count). The van der Waals surface area contributed by atoms with E-state index in [4.69, 9.17) is 4.99 Å². The van der Waals surface area contributed by atoms with Crippen LogP contribution >= 0.6 is 11.3 Å². The summed E-state index contributed by atoms with van der Waals surface area (Å²) in [6.07, 6.45) is 0. The van der Waals surface area contributed by atoms with Gasteiger partial charge < -0.3 is 10.6 Å². The van der Waals surface area contributed by atoms with Gasteiger partial charge in [-0.1, -0.05) is 19.9 Å². The van der Waals surface area contributed by atoms with E-state index in [-0.39, 0.29) is 10.2 Å². The molecule has 1 atom stereocenters. The highest BCUT2D eigenvalue weighted by molar-refractivity contribution is 7.86. The summed E-state index contributed by atoms with van der Waals surface area (Å²) in [5.41, 5.74) is 0.0186. The molecular weight excluding hydrogens is 326 g/mol. The average molecular weight is 358 g/mol. The maximum Gasteiger partial charge on any atom is 0.191 e. The molecule has 0 fully saturated rings.